The average Bonchev–Trinajstić information content (AvgIpc) is 2.56. The first kappa shape index (κ1) is 14.5. The van der Waals surface area contributed by atoms with Crippen LogP contribution in [0.3, 0.4) is 0 Å². The molecule has 0 aliphatic carbocycles. The molecule has 1 saturated heterocycles. The summed E-state index contributed by atoms with van der Waals surface area (Å²) in [5.41, 5.74) is 1.88. The second-order valence-corrected chi connectivity index (χ2v) is 6.95. The van der Waals surface area contributed by atoms with Crippen molar-refractivity contribution in [2.24, 2.45) is 0 Å². The van der Waals surface area contributed by atoms with Crippen molar-refractivity contribution in [3.8, 4) is 0 Å². The van der Waals surface area contributed by atoms with Crippen LogP contribution in [0.25, 0.3) is 0 Å². The Bertz CT molecular complexity index is 532. The molecule has 0 saturated carbocycles. The van der Waals surface area contributed by atoms with Gasteiger partial charge in [0.1, 0.15) is 0 Å². The van der Waals surface area contributed by atoms with E-state index in [1.165, 1.54) is 0 Å². The summed E-state index contributed by atoms with van der Waals surface area (Å²) in [6, 6.07) is 5.49. The fraction of sp³-hybridized carbons (Fsp3) is 0.571. The Morgan fingerprint density at radius 2 is 2.00 bits per heavy atom. The third kappa shape index (κ3) is 3.78. The molecule has 1 fully saturated rings. The zero-order valence-corrected chi connectivity index (χ0v) is 12.4. The highest BCUT2D eigenvalue weighted by molar-refractivity contribution is 7.89. The van der Waals surface area contributed by atoms with Crippen molar-refractivity contribution in [3.05, 3.63) is 29.3 Å². The lowest BCUT2D eigenvalue weighted by Crippen LogP contribution is -2.35. The van der Waals surface area contributed by atoms with Crippen molar-refractivity contribution in [2.75, 3.05) is 13.1 Å². The molecule has 0 amide bonds. The molecule has 5 heteroatoms. The van der Waals surface area contributed by atoms with E-state index in [0.717, 1.165) is 43.5 Å². The topological polar surface area (TPSA) is 58.2 Å². The van der Waals surface area contributed by atoms with Gasteiger partial charge in [-0.2, -0.15) is 0 Å². The third-order valence-corrected chi connectivity index (χ3v) is 5.20. The summed E-state index contributed by atoms with van der Waals surface area (Å²) in [6.45, 7) is 5.66. The maximum atomic E-state index is 12.4. The Labute approximate surface area is 115 Å². The quantitative estimate of drug-likeness (QED) is 0.887. The Morgan fingerprint density at radius 3 is 2.74 bits per heavy atom. The number of nitrogens with one attached hydrogen (secondary N) is 2. The molecular weight excluding hydrogens is 260 g/mol. The lowest BCUT2D eigenvalue weighted by Gasteiger charge is -2.17. The van der Waals surface area contributed by atoms with Gasteiger partial charge in [-0.15, -0.1) is 0 Å². The van der Waals surface area contributed by atoms with Crippen LogP contribution < -0.4 is 10.0 Å². The van der Waals surface area contributed by atoms with Crippen LogP contribution in [-0.2, 0) is 10.0 Å². The lowest BCUT2D eigenvalue weighted by molar-refractivity contribution is 0.518. The fourth-order valence-corrected chi connectivity index (χ4v) is 4.05. The van der Waals surface area contributed by atoms with Gasteiger partial charge in [-0.25, -0.2) is 13.1 Å². The highest BCUT2D eigenvalue weighted by atomic mass is 32.2. The first-order valence-electron chi connectivity index (χ1n) is 6.79. The van der Waals surface area contributed by atoms with Crippen molar-refractivity contribution < 1.29 is 8.42 Å². The highest BCUT2D eigenvalue weighted by Gasteiger charge is 2.22. The molecule has 1 aliphatic rings. The van der Waals surface area contributed by atoms with E-state index in [9.17, 15) is 8.42 Å². The molecule has 1 heterocycles. The highest BCUT2D eigenvalue weighted by Crippen LogP contribution is 2.18. The van der Waals surface area contributed by atoms with Crippen LogP contribution >= 0.6 is 0 Å². The molecule has 1 aromatic rings. The average molecular weight is 282 g/mol. The van der Waals surface area contributed by atoms with E-state index >= 15 is 0 Å². The van der Waals surface area contributed by atoms with E-state index < -0.39 is 10.0 Å². The van der Waals surface area contributed by atoms with Crippen LogP contribution in [0.15, 0.2) is 23.1 Å². The minimum atomic E-state index is -3.40. The van der Waals surface area contributed by atoms with Gasteiger partial charge >= 0.3 is 0 Å². The fourth-order valence-electron chi connectivity index (χ4n) is 2.52. The van der Waals surface area contributed by atoms with Gasteiger partial charge in [0.05, 0.1) is 4.90 Å². The molecule has 1 unspecified atom stereocenters. The molecule has 1 aliphatic heterocycles. The Balaban J connectivity index is 2.17. The van der Waals surface area contributed by atoms with Crippen molar-refractivity contribution >= 4 is 10.0 Å². The van der Waals surface area contributed by atoms with E-state index in [2.05, 4.69) is 10.0 Å². The van der Waals surface area contributed by atoms with Gasteiger partial charge in [0.25, 0.3) is 0 Å². The number of aryl methyl sites for hydroxylation is 2. The second kappa shape index (κ2) is 6.03. The molecule has 1 aromatic carbocycles. The van der Waals surface area contributed by atoms with Crippen molar-refractivity contribution in [2.45, 2.75) is 44.0 Å². The molecule has 106 valence electrons. The van der Waals surface area contributed by atoms with Gasteiger partial charge in [-0.1, -0.05) is 17.7 Å². The predicted octanol–water partition coefficient (Wildman–Crippen LogP) is 1.72. The van der Waals surface area contributed by atoms with Gasteiger partial charge in [0.15, 0.2) is 0 Å². The van der Waals surface area contributed by atoms with Gasteiger partial charge in [-0.05, 0) is 57.8 Å². The van der Waals surface area contributed by atoms with Gasteiger partial charge in [-0.3, -0.25) is 0 Å². The summed E-state index contributed by atoms with van der Waals surface area (Å²) in [7, 11) is -3.40. The van der Waals surface area contributed by atoms with E-state index in [1.807, 2.05) is 26.0 Å². The molecule has 0 spiro atoms. The van der Waals surface area contributed by atoms with E-state index in [1.54, 1.807) is 6.07 Å². The summed E-state index contributed by atoms with van der Waals surface area (Å²) in [4.78, 5) is 0.398. The summed E-state index contributed by atoms with van der Waals surface area (Å²) in [6.07, 6.45) is 2.77. The Kier molecular flexibility index (Phi) is 4.60. The zero-order chi connectivity index (χ0) is 13.9. The van der Waals surface area contributed by atoms with Gasteiger partial charge < -0.3 is 5.32 Å². The summed E-state index contributed by atoms with van der Waals surface area (Å²) in [5, 5.41) is 3.29. The smallest absolute Gasteiger partial charge is 0.241 e. The van der Waals surface area contributed by atoms with Crippen molar-refractivity contribution in [1.82, 2.24) is 10.0 Å². The predicted molar refractivity (Wildman–Crippen MR) is 76.7 cm³/mol. The molecule has 19 heavy (non-hydrogen) atoms. The van der Waals surface area contributed by atoms with Crippen LogP contribution in [0.4, 0.5) is 0 Å². The summed E-state index contributed by atoms with van der Waals surface area (Å²) in [5.74, 6) is 0. The number of rotatable bonds is 3. The van der Waals surface area contributed by atoms with E-state index in [-0.39, 0.29) is 6.04 Å². The van der Waals surface area contributed by atoms with E-state index in [4.69, 9.17) is 0 Å². The van der Waals surface area contributed by atoms with Crippen LogP contribution in [-0.4, -0.2) is 27.5 Å². The summed E-state index contributed by atoms with van der Waals surface area (Å²) >= 11 is 0. The van der Waals surface area contributed by atoms with Crippen LogP contribution in [0.5, 0.6) is 0 Å². The van der Waals surface area contributed by atoms with E-state index in [0.29, 0.717) is 4.90 Å². The monoisotopic (exact) mass is 282 g/mol. The molecule has 0 aromatic heterocycles. The normalized spacial score (nSPS) is 21.1. The third-order valence-electron chi connectivity index (χ3n) is 3.52. The molecule has 4 nitrogen and oxygen atoms in total. The van der Waals surface area contributed by atoms with Crippen molar-refractivity contribution in [3.63, 3.8) is 0 Å². The van der Waals surface area contributed by atoms with Gasteiger partial charge in [0.2, 0.25) is 10.0 Å². The maximum absolute atomic E-state index is 12.4. The van der Waals surface area contributed by atoms with Crippen LogP contribution in [0.1, 0.15) is 30.4 Å². The van der Waals surface area contributed by atoms with Gasteiger partial charge in [0, 0.05) is 6.04 Å². The minimum absolute atomic E-state index is 0.0423. The van der Waals surface area contributed by atoms with Crippen molar-refractivity contribution in [1.29, 1.82) is 0 Å². The number of benzene rings is 1. The minimum Gasteiger partial charge on any atom is -0.317 e. The zero-order valence-electron chi connectivity index (χ0n) is 11.6. The Hall–Kier alpha value is -0.910. The maximum Gasteiger partial charge on any atom is 0.241 e. The van der Waals surface area contributed by atoms with Crippen LogP contribution in [0.2, 0.25) is 0 Å². The number of hydrogen-bond acceptors (Lipinski definition) is 3. The largest absolute Gasteiger partial charge is 0.317 e. The lowest BCUT2D eigenvalue weighted by atomic mass is 10.1. The standard InChI is InChI=1S/C14H22N2O2S/c1-11-5-6-14(12(2)10-11)19(17,18)16-13-4-3-8-15-9-7-13/h5-6,10,13,15-16H,3-4,7-9H2,1-2H3. The SMILES string of the molecule is Cc1ccc(S(=O)(=O)NC2CCCNCC2)c(C)c1. The molecular formula is C14H22N2O2S. The molecule has 0 bridgehead atoms. The molecule has 0 radical (unpaired) electrons. The second-order valence-electron chi connectivity index (χ2n) is 5.27. The first-order valence-corrected chi connectivity index (χ1v) is 8.28. The number of sulfonamides is 1. The molecule has 2 rings (SSSR count). The Morgan fingerprint density at radius 1 is 1.21 bits per heavy atom. The first-order chi connectivity index (χ1) is 8.99. The summed E-state index contributed by atoms with van der Waals surface area (Å²) < 4.78 is 27.7. The molecule has 2 N–H and O–H groups in total. The van der Waals surface area contributed by atoms with Crippen LogP contribution in [0, 0.1) is 13.8 Å². The number of hydrogen-bond donors (Lipinski definition) is 2. The molecule has 1 atom stereocenters.